The first-order chi connectivity index (χ1) is 20.6. The first-order valence-electron chi connectivity index (χ1n) is 15.1. The van der Waals surface area contributed by atoms with Crippen molar-refractivity contribution >= 4 is 17.6 Å². The van der Waals surface area contributed by atoms with Crippen molar-refractivity contribution < 1.29 is 9.59 Å². The number of isocyanates is 1. The van der Waals surface area contributed by atoms with Crippen LogP contribution in [0.15, 0.2) is 114 Å². The van der Waals surface area contributed by atoms with Gasteiger partial charge in [0.1, 0.15) is 5.78 Å². The van der Waals surface area contributed by atoms with Crippen molar-refractivity contribution in [1.82, 2.24) is 0 Å². The van der Waals surface area contributed by atoms with Crippen LogP contribution in [0.1, 0.15) is 80.2 Å². The third kappa shape index (κ3) is 14.4. The van der Waals surface area contributed by atoms with Gasteiger partial charge >= 0.3 is 0 Å². The van der Waals surface area contributed by atoms with Crippen LogP contribution in [0.25, 0.3) is 0 Å². The molecule has 0 bridgehead atoms. The van der Waals surface area contributed by atoms with Gasteiger partial charge in [0.2, 0.25) is 6.08 Å². The number of nitrogens with zero attached hydrogens (tertiary/aromatic N) is 1. The lowest BCUT2D eigenvalue weighted by molar-refractivity contribution is -0.118. The SMILES string of the molecule is CCCCCC(=O)Cc1ccccc1Cc1ccccc1.CCCCN=C=O.Nc1ccccc1Cc1ccccc1. The van der Waals surface area contributed by atoms with E-state index in [4.69, 9.17) is 5.73 Å². The number of nitrogens with two attached hydrogens (primary N) is 1. The van der Waals surface area contributed by atoms with Crippen LogP contribution >= 0.6 is 0 Å². The molecule has 0 atom stereocenters. The van der Waals surface area contributed by atoms with Crippen LogP contribution in [0.5, 0.6) is 0 Å². The third-order valence-corrected chi connectivity index (χ3v) is 6.78. The molecule has 0 radical (unpaired) electrons. The van der Waals surface area contributed by atoms with E-state index in [1.54, 1.807) is 0 Å². The van der Waals surface area contributed by atoms with Gasteiger partial charge in [0, 0.05) is 18.5 Å². The highest BCUT2D eigenvalue weighted by Crippen LogP contribution is 2.17. The largest absolute Gasteiger partial charge is 0.398 e. The zero-order chi connectivity index (χ0) is 30.3. The Morgan fingerprint density at radius 3 is 1.69 bits per heavy atom. The van der Waals surface area contributed by atoms with Crippen LogP contribution in [0.4, 0.5) is 5.69 Å². The third-order valence-electron chi connectivity index (χ3n) is 6.78. The lowest BCUT2D eigenvalue weighted by atomic mass is 9.95. The smallest absolute Gasteiger partial charge is 0.234 e. The summed E-state index contributed by atoms with van der Waals surface area (Å²) in [7, 11) is 0. The van der Waals surface area contributed by atoms with Gasteiger partial charge in [-0.05, 0) is 59.6 Å². The Morgan fingerprint density at radius 2 is 1.14 bits per heavy atom. The Labute approximate surface area is 252 Å². The monoisotopic (exact) mass is 562 g/mol. The molecule has 0 saturated heterocycles. The molecular weight excluding hydrogens is 516 g/mol. The molecule has 4 aromatic carbocycles. The molecule has 4 aromatic rings. The van der Waals surface area contributed by atoms with E-state index in [0.717, 1.165) is 50.6 Å². The Kier molecular flexibility index (Phi) is 17.3. The summed E-state index contributed by atoms with van der Waals surface area (Å²) in [4.78, 5) is 24.8. The normalized spacial score (nSPS) is 9.86. The molecule has 0 unspecified atom stereocenters. The molecule has 4 nitrogen and oxygen atoms in total. The number of anilines is 1. The van der Waals surface area contributed by atoms with Crippen LogP contribution in [0.2, 0.25) is 0 Å². The van der Waals surface area contributed by atoms with Crippen LogP contribution in [0, 0.1) is 0 Å². The second-order valence-electron chi connectivity index (χ2n) is 10.3. The summed E-state index contributed by atoms with van der Waals surface area (Å²) >= 11 is 0. The van der Waals surface area contributed by atoms with E-state index in [2.05, 4.69) is 91.6 Å². The van der Waals surface area contributed by atoms with Crippen molar-refractivity contribution in [3.8, 4) is 0 Å². The maximum Gasteiger partial charge on any atom is 0.234 e. The zero-order valence-corrected chi connectivity index (χ0v) is 25.3. The second-order valence-corrected chi connectivity index (χ2v) is 10.3. The summed E-state index contributed by atoms with van der Waals surface area (Å²) in [6, 6.07) is 37.1. The molecule has 0 aliphatic heterocycles. The molecule has 0 saturated carbocycles. The van der Waals surface area contributed by atoms with Gasteiger partial charge in [-0.3, -0.25) is 4.79 Å². The number of hydrogen-bond donors (Lipinski definition) is 1. The van der Waals surface area contributed by atoms with Gasteiger partial charge in [-0.25, -0.2) is 9.79 Å². The lowest BCUT2D eigenvalue weighted by Crippen LogP contribution is -2.05. The predicted molar refractivity (Wildman–Crippen MR) is 177 cm³/mol. The molecule has 0 aliphatic carbocycles. The molecule has 0 fully saturated rings. The van der Waals surface area contributed by atoms with Gasteiger partial charge in [0.25, 0.3) is 0 Å². The van der Waals surface area contributed by atoms with Gasteiger partial charge in [0.05, 0.1) is 6.54 Å². The number of carbonyl (C=O) groups is 1. The van der Waals surface area contributed by atoms with E-state index in [-0.39, 0.29) is 0 Å². The average molecular weight is 563 g/mol. The van der Waals surface area contributed by atoms with Gasteiger partial charge in [0.15, 0.2) is 0 Å². The number of rotatable bonds is 13. The average Bonchev–Trinajstić information content (AvgIpc) is 3.01. The van der Waals surface area contributed by atoms with Crippen LogP contribution in [-0.4, -0.2) is 18.4 Å². The van der Waals surface area contributed by atoms with Crippen LogP contribution < -0.4 is 5.73 Å². The number of Topliss-reactive ketones (excluding diaryl/α,β-unsaturated/α-hetero) is 1. The number of benzene rings is 4. The maximum absolute atomic E-state index is 12.1. The second kappa shape index (κ2) is 21.5. The van der Waals surface area contributed by atoms with Gasteiger partial charge in [-0.1, -0.05) is 136 Å². The van der Waals surface area contributed by atoms with Crippen LogP contribution in [-0.2, 0) is 28.9 Å². The van der Waals surface area contributed by atoms with E-state index in [1.807, 2.05) is 36.4 Å². The summed E-state index contributed by atoms with van der Waals surface area (Å²) < 4.78 is 0. The zero-order valence-electron chi connectivity index (χ0n) is 25.3. The van der Waals surface area contributed by atoms with Crippen molar-refractivity contribution in [2.45, 2.75) is 71.6 Å². The minimum atomic E-state index is 0.365. The highest BCUT2D eigenvalue weighted by atomic mass is 16.1. The Hall–Kier alpha value is -4.27. The number of unbranched alkanes of at least 4 members (excludes halogenated alkanes) is 3. The van der Waals surface area contributed by atoms with E-state index in [9.17, 15) is 9.59 Å². The predicted octanol–water partition coefficient (Wildman–Crippen LogP) is 8.95. The minimum absolute atomic E-state index is 0.365. The van der Waals surface area contributed by atoms with Crippen molar-refractivity contribution in [1.29, 1.82) is 0 Å². The molecule has 42 heavy (non-hydrogen) atoms. The molecule has 0 heterocycles. The quantitative estimate of drug-likeness (QED) is 0.0765. The molecule has 2 N–H and O–H groups in total. The van der Waals surface area contributed by atoms with Crippen molar-refractivity contribution in [3.63, 3.8) is 0 Å². The Morgan fingerprint density at radius 1 is 0.643 bits per heavy atom. The van der Waals surface area contributed by atoms with Crippen molar-refractivity contribution in [2.75, 3.05) is 12.3 Å². The molecule has 220 valence electrons. The van der Waals surface area contributed by atoms with Crippen molar-refractivity contribution in [3.05, 3.63) is 137 Å². The maximum atomic E-state index is 12.1. The highest BCUT2D eigenvalue weighted by Gasteiger charge is 2.08. The number of carbonyl (C=O) groups excluding carboxylic acids is 2. The summed E-state index contributed by atoms with van der Waals surface area (Å²) in [5, 5.41) is 0. The summed E-state index contributed by atoms with van der Waals surface area (Å²) in [5.41, 5.74) is 13.0. The first-order valence-corrected chi connectivity index (χ1v) is 15.1. The van der Waals surface area contributed by atoms with Gasteiger partial charge in [-0.15, -0.1) is 0 Å². The fraction of sp³-hybridized carbons (Fsp3) is 0.316. The van der Waals surface area contributed by atoms with Gasteiger partial charge < -0.3 is 5.73 Å². The summed E-state index contributed by atoms with van der Waals surface area (Å²) in [6.07, 6.45) is 10.0. The molecular formula is C38H46N2O2. The van der Waals surface area contributed by atoms with E-state index in [0.29, 0.717) is 25.2 Å². The molecule has 0 aromatic heterocycles. The molecule has 4 rings (SSSR count). The summed E-state index contributed by atoms with van der Waals surface area (Å²) in [6.45, 7) is 4.86. The number of nitrogen functional groups attached to an aromatic ring is 1. The molecule has 0 amide bonds. The Bertz CT molecular complexity index is 1330. The van der Waals surface area contributed by atoms with E-state index < -0.39 is 0 Å². The Balaban J connectivity index is 0.000000252. The molecule has 0 spiro atoms. The van der Waals surface area contributed by atoms with E-state index in [1.165, 1.54) is 33.9 Å². The number of hydrogen-bond acceptors (Lipinski definition) is 4. The summed E-state index contributed by atoms with van der Waals surface area (Å²) in [5.74, 6) is 0.365. The fourth-order valence-corrected chi connectivity index (χ4v) is 4.38. The minimum Gasteiger partial charge on any atom is -0.398 e. The first kappa shape index (κ1) is 33.9. The van der Waals surface area contributed by atoms with Crippen molar-refractivity contribution in [2.24, 2.45) is 4.99 Å². The van der Waals surface area contributed by atoms with Gasteiger partial charge in [-0.2, -0.15) is 0 Å². The standard InChI is InChI=1S/C20H24O.C13H13N.C5H9NO/c1-2-3-5-14-20(21)16-19-13-9-8-12-18(19)15-17-10-6-4-7-11-17;14-13-9-5-4-8-12(13)10-11-6-2-1-3-7-11;1-2-3-4-6-5-7/h4,6-13H,2-3,5,14-16H2,1H3;1-9H,10,14H2;2-4H2,1H3. The topological polar surface area (TPSA) is 72.5 Å². The number of ketones is 1. The molecule has 4 heteroatoms. The van der Waals surface area contributed by atoms with E-state index >= 15 is 0 Å². The molecule has 0 aliphatic rings. The lowest BCUT2D eigenvalue weighted by Gasteiger charge is -2.09. The highest BCUT2D eigenvalue weighted by molar-refractivity contribution is 5.81. The van der Waals surface area contributed by atoms with Crippen LogP contribution in [0.3, 0.4) is 0 Å². The fourth-order valence-electron chi connectivity index (χ4n) is 4.38. The number of para-hydroxylation sites is 1. The number of aliphatic imine (C=N–C) groups is 1.